The van der Waals surface area contributed by atoms with Crippen LogP contribution in [0.15, 0.2) is 24.5 Å². The Bertz CT molecular complexity index is 635. The van der Waals surface area contributed by atoms with Crippen LogP contribution in [-0.2, 0) is 16.4 Å². The van der Waals surface area contributed by atoms with Crippen molar-refractivity contribution in [2.75, 3.05) is 6.54 Å². The molecule has 0 atom stereocenters. The van der Waals surface area contributed by atoms with Gasteiger partial charge in [0.05, 0.1) is 3.79 Å². The van der Waals surface area contributed by atoms with Crippen LogP contribution in [0.4, 0.5) is 0 Å². The Balaban J connectivity index is 1.93. The molecule has 0 saturated heterocycles. The lowest BCUT2D eigenvalue weighted by atomic mass is 10.4. The first-order chi connectivity index (χ1) is 8.47. The fourth-order valence-corrected chi connectivity index (χ4v) is 4.33. The van der Waals surface area contributed by atoms with E-state index >= 15 is 0 Å². The minimum Gasteiger partial charge on any atom is -0.426 e. The summed E-state index contributed by atoms with van der Waals surface area (Å²) < 4.78 is 32.4. The molecule has 2 aromatic rings. The first-order valence-electron chi connectivity index (χ1n) is 5.01. The van der Waals surface area contributed by atoms with Crippen molar-refractivity contribution in [2.45, 2.75) is 17.6 Å². The lowest BCUT2D eigenvalue weighted by molar-refractivity contribution is 0.466. The van der Waals surface area contributed by atoms with Gasteiger partial charge in [0, 0.05) is 19.9 Å². The Morgan fingerprint density at radius 1 is 1.44 bits per heavy atom. The number of halogens is 1. The molecule has 0 fully saturated rings. The summed E-state index contributed by atoms with van der Waals surface area (Å²) in [5.74, 6) is 0.887. The van der Waals surface area contributed by atoms with Crippen LogP contribution < -0.4 is 4.72 Å². The van der Waals surface area contributed by atoms with Gasteiger partial charge in [-0.1, -0.05) is 0 Å². The highest BCUT2D eigenvalue weighted by atomic mass is 79.9. The summed E-state index contributed by atoms with van der Waals surface area (Å²) in [7, 11) is -3.45. The zero-order valence-electron chi connectivity index (χ0n) is 9.38. The van der Waals surface area contributed by atoms with Gasteiger partial charge in [-0.2, -0.15) is 0 Å². The summed E-state index contributed by atoms with van der Waals surface area (Å²) in [4.78, 5) is 0. The zero-order valence-corrected chi connectivity index (χ0v) is 12.6. The normalized spacial score (nSPS) is 11.9. The number of rotatable bonds is 5. The summed E-state index contributed by atoms with van der Waals surface area (Å²) in [6, 6.07) is 3.24. The second kappa shape index (κ2) is 5.47. The van der Waals surface area contributed by atoms with Gasteiger partial charge in [0.15, 0.2) is 0 Å². The maximum Gasteiger partial charge on any atom is 0.250 e. The molecule has 0 bridgehead atoms. The second-order valence-electron chi connectivity index (χ2n) is 3.42. The molecule has 0 unspecified atom stereocenters. The molecular formula is C9H10BrN3O3S2. The molecule has 0 spiro atoms. The van der Waals surface area contributed by atoms with Gasteiger partial charge in [-0.3, -0.25) is 0 Å². The SMILES string of the molecule is Cc1nnc(CCNS(=O)(=O)c2ccc(Br)s2)o1. The third-order valence-corrected chi connectivity index (χ3v) is 5.59. The third kappa shape index (κ3) is 3.37. The molecule has 0 aliphatic carbocycles. The number of nitrogens with one attached hydrogen (secondary N) is 1. The average Bonchev–Trinajstić information content (AvgIpc) is 2.88. The fourth-order valence-electron chi connectivity index (χ4n) is 1.24. The van der Waals surface area contributed by atoms with Crippen LogP contribution in [0.2, 0.25) is 0 Å². The van der Waals surface area contributed by atoms with Gasteiger partial charge in [0.1, 0.15) is 4.21 Å². The lowest BCUT2D eigenvalue weighted by Gasteiger charge is -2.02. The van der Waals surface area contributed by atoms with E-state index in [1.165, 1.54) is 0 Å². The lowest BCUT2D eigenvalue weighted by Crippen LogP contribution is -2.25. The van der Waals surface area contributed by atoms with Crippen molar-refractivity contribution in [2.24, 2.45) is 0 Å². The summed E-state index contributed by atoms with van der Waals surface area (Å²) in [6.07, 6.45) is 0.368. The van der Waals surface area contributed by atoms with Gasteiger partial charge in [0.25, 0.3) is 0 Å². The standard InChI is InChI=1S/C9H10BrN3O3S2/c1-6-12-13-8(16-6)4-5-11-18(14,15)9-3-2-7(10)17-9/h2-3,11H,4-5H2,1H3. The highest BCUT2D eigenvalue weighted by molar-refractivity contribution is 9.11. The molecule has 0 aliphatic heterocycles. The average molecular weight is 352 g/mol. The van der Waals surface area contributed by atoms with Gasteiger partial charge in [-0.15, -0.1) is 21.5 Å². The van der Waals surface area contributed by atoms with E-state index < -0.39 is 10.0 Å². The summed E-state index contributed by atoms with van der Waals surface area (Å²) in [5, 5.41) is 7.45. The topological polar surface area (TPSA) is 85.1 Å². The number of thiophene rings is 1. The Kier molecular flexibility index (Phi) is 4.15. The maximum atomic E-state index is 11.9. The molecule has 98 valence electrons. The van der Waals surface area contributed by atoms with E-state index in [0.29, 0.717) is 18.2 Å². The highest BCUT2D eigenvalue weighted by Crippen LogP contribution is 2.25. The van der Waals surface area contributed by atoms with Gasteiger partial charge >= 0.3 is 0 Å². The van der Waals surface area contributed by atoms with Gasteiger partial charge < -0.3 is 4.42 Å². The molecule has 2 rings (SSSR count). The van der Waals surface area contributed by atoms with E-state index in [0.717, 1.165) is 15.1 Å². The zero-order chi connectivity index (χ0) is 13.2. The van der Waals surface area contributed by atoms with Crippen molar-refractivity contribution in [3.8, 4) is 0 Å². The molecule has 0 amide bonds. The van der Waals surface area contributed by atoms with Crippen molar-refractivity contribution >= 4 is 37.3 Å². The first kappa shape index (κ1) is 13.7. The maximum absolute atomic E-state index is 11.9. The number of sulfonamides is 1. The molecule has 0 aromatic carbocycles. The van der Waals surface area contributed by atoms with Crippen molar-refractivity contribution in [1.82, 2.24) is 14.9 Å². The predicted octanol–water partition coefficient (Wildman–Crippen LogP) is 1.72. The number of aromatic nitrogens is 2. The van der Waals surface area contributed by atoms with E-state index in [1.807, 2.05) is 0 Å². The van der Waals surface area contributed by atoms with Gasteiger partial charge in [0.2, 0.25) is 21.8 Å². The Labute approximate surface area is 117 Å². The Hall–Kier alpha value is -0.770. The van der Waals surface area contributed by atoms with Crippen LogP contribution in [0.25, 0.3) is 0 Å². The van der Waals surface area contributed by atoms with E-state index in [-0.39, 0.29) is 10.8 Å². The molecule has 18 heavy (non-hydrogen) atoms. The molecule has 9 heteroatoms. The Morgan fingerprint density at radius 2 is 2.22 bits per heavy atom. The third-order valence-electron chi connectivity index (χ3n) is 2.01. The van der Waals surface area contributed by atoms with Gasteiger partial charge in [-0.25, -0.2) is 13.1 Å². The number of hydrogen-bond acceptors (Lipinski definition) is 6. The van der Waals surface area contributed by atoms with Crippen LogP contribution in [0.3, 0.4) is 0 Å². The first-order valence-corrected chi connectivity index (χ1v) is 8.10. The van der Waals surface area contributed by atoms with Crippen molar-refractivity contribution in [1.29, 1.82) is 0 Å². The summed E-state index contributed by atoms with van der Waals surface area (Å²) >= 11 is 4.39. The molecule has 1 N–H and O–H groups in total. The molecule has 0 saturated carbocycles. The van der Waals surface area contributed by atoms with E-state index in [2.05, 4.69) is 30.8 Å². The van der Waals surface area contributed by atoms with Crippen molar-refractivity contribution < 1.29 is 12.8 Å². The van der Waals surface area contributed by atoms with Crippen LogP contribution in [-0.4, -0.2) is 25.2 Å². The monoisotopic (exact) mass is 351 g/mol. The molecule has 0 aliphatic rings. The van der Waals surface area contributed by atoms with Crippen LogP contribution in [0, 0.1) is 6.92 Å². The molecule has 2 heterocycles. The summed E-state index contributed by atoms with van der Waals surface area (Å²) in [6.45, 7) is 1.91. The smallest absolute Gasteiger partial charge is 0.250 e. The van der Waals surface area contributed by atoms with Crippen LogP contribution in [0.1, 0.15) is 11.8 Å². The van der Waals surface area contributed by atoms with Crippen LogP contribution in [0.5, 0.6) is 0 Å². The second-order valence-corrected chi connectivity index (χ2v) is 7.88. The number of aryl methyl sites for hydroxylation is 1. The van der Waals surface area contributed by atoms with E-state index in [4.69, 9.17) is 4.42 Å². The molecular weight excluding hydrogens is 342 g/mol. The largest absolute Gasteiger partial charge is 0.426 e. The fraction of sp³-hybridized carbons (Fsp3) is 0.333. The molecule has 2 aromatic heterocycles. The minimum absolute atomic E-state index is 0.222. The van der Waals surface area contributed by atoms with Crippen molar-refractivity contribution in [3.05, 3.63) is 27.7 Å². The van der Waals surface area contributed by atoms with E-state index in [9.17, 15) is 8.42 Å². The number of hydrogen-bond donors (Lipinski definition) is 1. The Morgan fingerprint density at radius 3 is 2.78 bits per heavy atom. The van der Waals surface area contributed by atoms with Crippen LogP contribution >= 0.6 is 27.3 Å². The van der Waals surface area contributed by atoms with Crippen molar-refractivity contribution in [3.63, 3.8) is 0 Å². The molecule has 0 radical (unpaired) electrons. The van der Waals surface area contributed by atoms with E-state index in [1.54, 1.807) is 19.1 Å². The highest BCUT2D eigenvalue weighted by Gasteiger charge is 2.16. The minimum atomic E-state index is -3.45. The van der Waals surface area contributed by atoms with Gasteiger partial charge in [-0.05, 0) is 28.1 Å². The number of nitrogens with zero attached hydrogens (tertiary/aromatic N) is 2. The summed E-state index contributed by atoms with van der Waals surface area (Å²) in [5.41, 5.74) is 0. The predicted molar refractivity (Wildman–Crippen MR) is 69.9 cm³/mol. The molecule has 6 nitrogen and oxygen atoms in total. The quantitative estimate of drug-likeness (QED) is 0.886.